The summed E-state index contributed by atoms with van der Waals surface area (Å²) >= 11 is 0. The third-order valence-electron chi connectivity index (χ3n) is 6.18. The number of benzene rings is 2. The average molecular weight is 481 g/mol. The van der Waals surface area contributed by atoms with Crippen molar-refractivity contribution in [3.8, 4) is 0 Å². The Labute approximate surface area is 208 Å². The van der Waals surface area contributed by atoms with Gasteiger partial charge in [0.25, 0.3) is 0 Å². The Morgan fingerprint density at radius 1 is 1.00 bits per heavy atom. The van der Waals surface area contributed by atoms with Crippen LogP contribution < -0.4 is 0 Å². The highest BCUT2D eigenvalue weighted by molar-refractivity contribution is 5.85. The number of hydrogen-bond acceptors (Lipinski definition) is 5. The first-order chi connectivity index (χ1) is 16.9. The van der Waals surface area contributed by atoms with Gasteiger partial charge in [0.1, 0.15) is 12.6 Å². The maximum absolute atomic E-state index is 13.7. The molecule has 3 rings (SSSR count). The zero-order valence-corrected chi connectivity index (χ0v) is 20.9. The quantitative estimate of drug-likeness (QED) is 0.363. The molecule has 0 saturated carbocycles. The van der Waals surface area contributed by atoms with E-state index < -0.39 is 12.0 Å². The second kappa shape index (κ2) is 12.9. The molecular formula is C28H36N2O5. The monoisotopic (exact) mass is 480 g/mol. The third-order valence-corrected chi connectivity index (χ3v) is 6.18. The van der Waals surface area contributed by atoms with E-state index in [4.69, 9.17) is 9.47 Å². The van der Waals surface area contributed by atoms with E-state index in [-0.39, 0.29) is 37.6 Å². The second-order valence-corrected chi connectivity index (χ2v) is 9.10. The molecule has 0 bridgehead atoms. The highest BCUT2D eigenvalue weighted by atomic mass is 16.5. The first-order valence-electron chi connectivity index (χ1n) is 12.4. The molecule has 1 atom stereocenters. The number of unbranched alkanes of at least 4 members (excludes halogenated alkanes) is 1. The van der Waals surface area contributed by atoms with Crippen molar-refractivity contribution in [2.24, 2.45) is 0 Å². The second-order valence-electron chi connectivity index (χ2n) is 9.10. The number of hydrogen-bond donors (Lipinski definition) is 0. The van der Waals surface area contributed by atoms with E-state index >= 15 is 0 Å². The van der Waals surface area contributed by atoms with Crippen molar-refractivity contribution in [1.29, 1.82) is 0 Å². The topological polar surface area (TPSA) is 76.2 Å². The highest BCUT2D eigenvalue weighted by Crippen LogP contribution is 2.26. The number of urea groups is 1. The van der Waals surface area contributed by atoms with Gasteiger partial charge in [0.15, 0.2) is 0 Å². The number of carbonyl (C=O) groups is 3. The van der Waals surface area contributed by atoms with E-state index in [1.807, 2.05) is 75.4 Å². The van der Waals surface area contributed by atoms with Crippen LogP contribution in [0.25, 0.3) is 0 Å². The molecule has 7 nitrogen and oxygen atoms in total. The lowest BCUT2D eigenvalue weighted by molar-refractivity contribution is -0.151. The fraction of sp³-hybridized carbons (Fsp3) is 0.464. The smallest absolute Gasteiger partial charge is 0.329 e. The van der Waals surface area contributed by atoms with Crippen molar-refractivity contribution >= 4 is 18.0 Å². The number of carbonyl (C=O) groups excluding carboxylic acids is 3. The third kappa shape index (κ3) is 7.31. The van der Waals surface area contributed by atoms with Crippen molar-refractivity contribution in [1.82, 2.24) is 9.80 Å². The molecule has 0 radical (unpaired) electrons. The van der Waals surface area contributed by atoms with Gasteiger partial charge in [0.05, 0.1) is 13.0 Å². The number of ether oxygens (including phenoxy) is 2. The minimum atomic E-state index is -0.737. The van der Waals surface area contributed by atoms with Crippen LogP contribution in [-0.2, 0) is 38.6 Å². The Kier molecular flexibility index (Phi) is 9.70. The Morgan fingerprint density at radius 3 is 2.37 bits per heavy atom. The summed E-state index contributed by atoms with van der Waals surface area (Å²) in [4.78, 5) is 42.3. The molecular weight excluding hydrogens is 444 g/mol. The minimum absolute atomic E-state index is 0.112. The van der Waals surface area contributed by atoms with Crippen LogP contribution in [0.2, 0.25) is 0 Å². The van der Waals surface area contributed by atoms with Crippen LogP contribution in [0.1, 0.15) is 56.7 Å². The maximum atomic E-state index is 13.7. The molecule has 7 heteroatoms. The van der Waals surface area contributed by atoms with E-state index in [2.05, 4.69) is 0 Å². The van der Waals surface area contributed by atoms with Gasteiger partial charge in [0.2, 0.25) is 0 Å². The van der Waals surface area contributed by atoms with Gasteiger partial charge in [-0.15, -0.1) is 0 Å². The van der Waals surface area contributed by atoms with Gasteiger partial charge in [-0.2, -0.15) is 0 Å². The van der Waals surface area contributed by atoms with Crippen molar-refractivity contribution in [2.75, 3.05) is 13.2 Å². The van der Waals surface area contributed by atoms with Crippen LogP contribution in [0, 0.1) is 0 Å². The van der Waals surface area contributed by atoms with Crippen LogP contribution >= 0.6 is 0 Å². The predicted octanol–water partition coefficient (Wildman–Crippen LogP) is 4.72. The van der Waals surface area contributed by atoms with E-state index in [9.17, 15) is 14.4 Å². The largest absolute Gasteiger partial charge is 0.466 e. The van der Waals surface area contributed by atoms with E-state index in [1.165, 1.54) is 0 Å². The SMILES string of the molecule is CCCCOC(=O)CCN(C(=O)N1Cc2ccccc2CC1C(=O)OCc1ccccc1)C(C)C. The molecule has 1 unspecified atom stereocenters. The lowest BCUT2D eigenvalue weighted by Gasteiger charge is -2.39. The number of fused-ring (bicyclic) bond motifs is 1. The normalized spacial score (nSPS) is 14.9. The molecule has 0 aliphatic carbocycles. The lowest BCUT2D eigenvalue weighted by atomic mass is 9.94. The lowest BCUT2D eigenvalue weighted by Crippen LogP contribution is -2.55. The summed E-state index contributed by atoms with van der Waals surface area (Å²) in [6.07, 6.45) is 2.27. The number of nitrogens with zero attached hydrogens (tertiary/aromatic N) is 2. The van der Waals surface area contributed by atoms with Gasteiger partial charge in [-0.25, -0.2) is 9.59 Å². The molecule has 2 aromatic rings. The van der Waals surface area contributed by atoms with Gasteiger partial charge in [0, 0.05) is 25.6 Å². The molecule has 1 aliphatic heterocycles. The van der Waals surface area contributed by atoms with Crippen LogP contribution in [-0.4, -0.2) is 53.0 Å². The summed E-state index contributed by atoms with van der Waals surface area (Å²) in [6, 6.07) is 16.2. The Bertz CT molecular complexity index is 992. The molecule has 188 valence electrons. The Hall–Kier alpha value is -3.35. The summed E-state index contributed by atoms with van der Waals surface area (Å²) in [5.74, 6) is -0.751. The first kappa shape index (κ1) is 26.3. The zero-order chi connectivity index (χ0) is 25.2. The van der Waals surface area contributed by atoms with Gasteiger partial charge in [-0.3, -0.25) is 4.79 Å². The van der Waals surface area contributed by atoms with Crippen molar-refractivity contribution < 1.29 is 23.9 Å². The molecule has 0 spiro atoms. The molecule has 1 aliphatic rings. The number of amides is 2. The highest BCUT2D eigenvalue weighted by Gasteiger charge is 2.38. The maximum Gasteiger partial charge on any atom is 0.329 e. The summed E-state index contributed by atoms with van der Waals surface area (Å²) < 4.78 is 10.9. The zero-order valence-electron chi connectivity index (χ0n) is 20.9. The molecule has 2 amide bonds. The van der Waals surface area contributed by atoms with Gasteiger partial charge in [-0.05, 0) is 37.0 Å². The van der Waals surface area contributed by atoms with E-state index in [0.717, 1.165) is 29.5 Å². The van der Waals surface area contributed by atoms with Gasteiger partial charge < -0.3 is 19.3 Å². The summed E-state index contributed by atoms with van der Waals surface area (Å²) in [6.45, 7) is 6.92. The Balaban J connectivity index is 1.74. The van der Waals surface area contributed by atoms with Crippen molar-refractivity contribution in [3.05, 3.63) is 71.3 Å². The first-order valence-corrected chi connectivity index (χ1v) is 12.4. The molecule has 1 heterocycles. The Morgan fingerprint density at radius 2 is 1.69 bits per heavy atom. The molecule has 0 N–H and O–H groups in total. The average Bonchev–Trinajstić information content (AvgIpc) is 2.87. The molecule has 2 aromatic carbocycles. The number of esters is 2. The van der Waals surface area contributed by atoms with Crippen LogP contribution in [0.4, 0.5) is 4.79 Å². The molecule has 0 saturated heterocycles. The molecule has 0 aromatic heterocycles. The summed E-state index contributed by atoms with van der Waals surface area (Å²) in [5, 5.41) is 0. The van der Waals surface area contributed by atoms with Crippen molar-refractivity contribution in [3.63, 3.8) is 0 Å². The van der Waals surface area contributed by atoms with Crippen LogP contribution in [0.3, 0.4) is 0 Å². The summed E-state index contributed by atoms with van der Waals surface area (Å²) in [7, 11) is 0. The molecule has 0 fully saturated rings. The van der Waals surface area contributed by atoms with Gasteiger partial charge in [-0.1, -0.05) is 67.9 Å². The predicted molar refractivity (Wildman–Crippen MR) is 133 cm³/mol. The van der Waals surface area contributed by atoms with Crippen molar-refractivity contribution in [2.45, 2.75) is 71.7 Å². The van der Waals surface area contributed by atoms with Gasteiger partial charge >= 0.3 is 18.0 Å². The van der Waals surface area contributed by atoms with E-state index in [0.29, 0.717) is 19.6 Å². The van der Waals surface area contributed by atoms with Crippen LogP contribution in [0.15, 0.2) is 54.6 Å². The fourth-order valence-corrected chi connectivity index (χ4v) is 4.11. The molecule has 35 heavy (non-hydrogen) atoms. The number of rotatable bonds is 10. The van der Waals surface area contributed by atoms with Crippen LogP contribution in [0.5, 0.6) is 0 Å². The fourth-order valence-electron chi connectivity index (χ4n) is 4.11. The summed E-state index contributed by atoms with van der Waals surface area (Å²) in [5.41, 5.74) is 2.93. The van der Waals surface area contributed by atoms with E-state index in [1.54, 1.807) is 9.80 Å². The minimum Gasteiger partial charge on any atom is -0.466 e. The standard InChI is InChI=1S/C28H36N2O5/c1-4-5-17-34-26(31)15-16-29(21(2)3)28(33)30-19-24-14-10-9-13-23(24)18-25(30)27(32)35-20-22-11-7-6-8-12-22/h6-14,21,25H,4-5,15-20H2,1-3H3.